The summed E-state index contributed by atoms with van der Waals surface area (Å²) in [4.78, 5) is 38.8. The molecule has 1 fully saturated rings. The minimum atomic E-state index is -1.18. The van der Waals surface area contributed by atoms with Crippen molar-refractivity contribution >= 4 is 23.5 Å². The minimum Gasteiger partial charge on any atom is -0.493 e. The maximum Gasteiger partial charge on any atom is 0.408 e. The van der Waals surface area contributed by atoms with Crippen molar-refractivity contribution in [3.05, 3.63) is 71.0 Å². The molecule has 2 heterocycles. The molecule has 2 amide bonds. The fraction of sp³-hybridized carbons (Fsp3) is 0.346. The smallest absolute Gasteiger partial charge is 0.408 e. The molecule has 2 N–H and O–H groups in total. The molecule has 2 bridgehead atoms. The first-order valence-electron chi connectivity index (χ1n) is 11.5. The van der Waals surface area contributed by atoms with Crippen LogP contribution in [0.5, 0.6) is 5.75 Å². The molecule has 0 spiro atoms. The molecular formula is C26H27FN2O6. The molecule has 0 aromatic heterocycles. The molecular weight excluding hydrogens is 455 g/mol. The number of aryl methyl sites for hydroxylation is 1. The van der Waals surface area contributed by atoms with Gasteiger partial charge in [0.15, 0.2) is 0 Å². The molecule has 2 atom stereocenters. The number of piperazine rings is 1. The van der Waals surface area contributed by atoms with E-state index in [0.717, 1.165) is 24.0 Å². The highest BCUT2D eigenvalue weighted by atomic mass is 19.1. The number of carboxylic acids is 1. The minimum absolute atomic E-state index is 0.0193. The van der Waals surface area contributed by atoms with Gasteiger partial charge in [0.25, 0.3) is 0 Å². The molecule has 184 valence electrons. The van der Waals surface area contributed by atoms with E-state index >= 15 is 0 Å². The van der Waals surface area contributed by atoms with E-state index in [1.165, 1.54) is 28.9 Å². The second-order valence-electron chi connectivity index (χ2n) is 8.79. The Labute approximate surface area is 202 Å². The fourth-order valence-corrected chi connectivity index (χ4v) is 4.90. The summed E-state index contributed by atoms with van der Waals surface area (Å²) >= 11 is 0. The molecule has 0 radical (unpaired) electrons. The Morgan fingerprint density at radius 3 is 2.46 bits per heavy atom. The van der Waals surface area contributed by atoms with Gasteiger partial charge in [-0.2, -0.15) is 0 Å². The predicted octanol–water partition coefficient (Wildman–Crippen LogP) is 3.66. The molecule has 9 heteroatoms. The number of halogens is 1. The van der Waals surface area contributed by atoms with Crippen molar-refractivity contribution in [2.24, 2.45) is 0 Å². The Balaban J connectivity index is 1.49. The van der Waals surface area contributed by atoms with Crippen LogP contribution in [-0.4, -0.2) is 69.8 Å². The summed E-state index contributed by atoms with van der Waals surface area (Å²) in [7, 11) is 0. The number of aliphatic carboxylic acids is 1. The number of amides is 2. The number of benzene rings is 2. The normalized spacial score (nSPS) is 19.5. The van der Waals surface area contributed by atoms with Crippen LogP contribution in [0.3, 0.4) is 0 Å². The number of hydrogen-bond donors (Lipinski definition) is 2. The van der Waals surface area contributed by atoms with Crippen LogP contribution in [0.25, 0.3) is 5.57 Å². The van der Waals surface area contributed by atoms with Gasteiger partial charge in [-0.15, -0.1) is 0 Å². The second-order valence-corrected chi connectivity index (χ2v) is 8.79. The van der Waals surface area contributed by atoms with Crippen molar-refractivity contribution in [1.82, 2.24) is 9.80 Å². The van der Waals surface area contributed by atoms with E-state index in [1.807, 2.05) is 24.3 Å². The van der Waals surface area contributed by atoms with Gasteiger partial charge in [0.05, 0.1) is 24.3 Å². The van der Waals surface area contributed by atoms with Crippen molar-refractivity contribution in [2.45, 2.75) is 38.3 Å². The maximum atomic E-state index is 13.2. The highest BCUT2D eigenvalue weighted by Gasteiger charge is 2.47. The summed E-state index contributed by atoms with van der Waals surface area (Å²) in [6, 6.07) is 12.1. The highest BCUT2D eigenvalue weighted by Crippen LogP contribution is 2.38. The third kappa shape index (κ3) is 5.29. The first-order valence-corrected chi connectivity index (χ1v) is 11.5. The summed E-state index contributed by atoms with van der Waals surface area (Å²) in [5.41, 5.74) is 2.40. The number of nitrogens with zero attached hydrogens (tertiary/aromatic N) is 2. The van der Waals surface area contributed by atoms with E-state index in [-0.39, 0.29) is 36.8 Å². The van der Waals surface area contributed by atoms with Crippen LogP contribution in [0, 0.1) is 5.82 Å². The zero-order valence-corrected chi connectivity index (χ0v) is 19.3. The van der Waals surface area contributed by atoms with E-state index in [9.17, 15) is 29.0 Å². The summed E-state index contributed by atoms with van der Waals surface area (Å²) in [5.74, 6) is -1.25. The monoisotopic (exact) mass is 482 g/mol. The van der Waals surface area contributed by atoms with Gasteiger partial charge in [0.2, 0.25) is 5.91 Å². The largest absolute Gasteiger partial charge is 0.493 e. The standard InChI is InChI=1S/C26H27FN2O6/c1-16(30)28-14-20-13-22(24(25(31)32)23(15-28)29(20)26(33)34)18-9-7-17(8-10-18)4-3-11-35-21-6-2-5-19(27)12-21/h2,5-10,12,20,23H,3-4,11,13-15H2,1H3,(H,31,32)(H,33,34)/t20-,23-/m1/s1. The molecule has 2 aliphatic heterocycles. The Morgan fingerprint density at radius 2 is 1.83 bits per heavy atom. The quantitative estimate of drug-likeness (QED) is 0.584. The van der Waals surface area contributed by atoms with Gasteiger partial charge in [-0.3, -0.25) is 9.69 Å². The lowest BCUT2D eigenvalue weighted by atomic mass is 9.82. The molecule has 35 heavy (non-hydrogen) atoms. The number of rotatable bonds is 7. The van der Waals surface area contributed by atoms with Gasteiger partial charge < -0.3 is 19.8 Å². The van der Waals surface area contributed by atoms with Crippen LogP contribution in [-0.2, 0) is 16.0 Å². The summed E-state index contributed by atoms with van der Waals surface area (Å²) < 4.78 is 18.8. The van der Waals surface area contributed by atoms with Crippen LogP contribution >= 0.6 is 0 Å². The third-order valence-corrected chi connectivity index (χ3v) is 6.53. The van der Waals surface area contributed by atoms with E-state index < -0.39 is 24.1 Å². The number of carbonyl (C=O) groups excluding carboxylic acids is 1. The van der Waals surface area contributed by atoms with Gasteiger partial charge in [-0.1, -0.05) is 30.3 Å². The zero-order chi connectivity index (χ0) is 25.1. The van der Waals surface area contributed by atoms with E-state index in [1.54, 1.807) is 12.1 Å². The van der Waals surface area contributed by atoms with E-state index in [0.29, 0.717) is 17.9 Å². The lowest BCUT2D eigenvalue weighted by Crippen LogP contribution is -2.64. The van der Waals surface area contributed by atoms with Crippen molar-refractivity contribution in [2.75, 3.05) is 19.7 Å². The van der Waals surface area contributed by atoms with Crippen LogP contribution in [0.15, 0.2) is 54.1 Å². The molecule has 8 nitrogen and oxygen atoms in total. The van der Waals surface area contributed by atoms with Gasteiger partial charge in [0.1, 0.15) is 11.6 Å². The lowest BCUT2D eigenvalue weighted by molar-refractivity contribution is -0.137. The molecule has 0 aliphatic carbocycles. The van der Waals surface area contributed by atoms with E-state index in [2.05, 4.69) is 0 Å². The maximum absolute atomic E-state index is 13.2. The first-order chi connectivity index (χ1) is 16.7. The van der Waals surface area contributed by atoms with Crippen LogP contribution < -0.4 is 4.74 Å². The van der Waals surface area contributed by atoms with Crippen molar-refractivity contribution in [1.29, 1.82) is 0 Å². The highest BCUT2D eigenvalue weighted by molar-refractivity contribution is 5.99. The molecule has 2 aliphatic rings. The van der Waals surface area contributed by atoms with Gasteiger partial charge in [0, 0.05) is 26.1 Å². The summed E-state index contributed by atoms with van der Waals surface area (Å²) in [6.07, 6.45) is 0.482. The molecule has 1 saturated heterocycles. The number of hydrogen-bond acceptors (Lipinski definition) is 4. The molecule has 4 rings (SSSR count). The number of carbonyl (C=O) groups is 3. The van der Waals surface area contributed by atoms with Crippen LogP contribution in [0.4, 0.5) is 9.18 Å². The van der Waals surface area contributed by atoms with E-state index in [4.69, 9.17) is 4.74 Å². The van der Waals surface area contributed by atoms with Crippen LogP contribution in [0.2, 0.25) is 0 Å². The number of ether oxygens (including phenoxy) is 1. The third-order valence-electron chi connectivity index (χ3n) is 6.53. The topological polar surface area (TPSA) is 107 Å². The lowest BCUT2D eigenvalue weighted by Gasteiger charge is -2.49. The Bertz CT molecular complexity index is 1160. The van der Waals surface area contributed by atoms with Gasteiger partial charge in [-0.25, -0.2) is 14.0 Å². The number of carboxylic acid groups (broad SMARTS) is 2. The summed E-state index contributed by atoms with van der Waals surface area (Å²) in [6.45, 7) is 2.09. The van der Waals surface area contributed by atoms with Crippen molar-refractivity contribution in [3.8, 4) is 5.75 Å². The first kappa shape index (κ1) is 24.3. The molecule has 0 unspecified atom stereocenters. The summed E-state index contributed by atoms with van der Waals surface area (Å²) in [5, 5.41) is 19.7. The van der Waals surface area contributed by atoms with Crippen LogP contribution in [0.1, 0.15) is 30.9 Å². The fourth-order valence-electron chi connectivity index (χ4n) is 4.90. The Morgan fingerprint density at radius 1 is 1.09 bits per heavy atom. The van der Waals surface area contributed by atoms with Crippen molar-refractivity contribution < 1.29 is 33.7 Å². The average Bonchev–Trinajstić information content (AvgIpc) is 2.80. The Kier molecular flexibility index (Phi) is 7.04. The number of fused-ring (bicyclic) bond motifs is 2. The molecule has 0 saturated carbocycles. The second kappa shape index (κ2) is 10.2. The average molecular weight is 483 g/mol. The Hall–Kier alpha value is -3.88. The molecule has 2 aromatic rings. The van der Waals surface area contributed by atoms with Crippen molar-refractivity contribution in [3.63, 3.8) is 0 Å². The van der Waals surface area contributed by atoms with Gasteiger partial charge in [-0.05, 0) is 48.1 Å². The SMILES string of the molecule is CC(=O)N1C[C@H]2CC(c3ccc(CCCOc4cccc(F)c4)cc3)=C(C(=O)O)[C@@H](C1)N2C(=O)O. The molecule has 2 aromatic carbocycles. The van der Waals surface area contributed by atoms with Gasteiger partial charge >= 0.3 is 12.1 Å². The predicted molar refractivity (Wildman–Crippen MR) is 126 cm³/mol. The zero-order valence-electron chi connectivity index (χ0n) is 19.3.